The first kappa shape index (κ1) is 81.2. The zero-order valence-corrected chi connectivity index (χ0v) is 56.5. The number of nitrogens with one attached hydrogen (secondary N) is 1. The number of unbranched alkanes of at least 4 members (excludes halogenated alkanes) is 33. The van der Waals surface area contributed by atoms with Crippen LogP contribution >= 0.6 is 7.82 Å². The largest absolute Gasteiger partial charge is 0.472 e. The number of carbonyl (C=O) groups is 1. The number of likely N-dealkylation sites (N-methyl/N-ethyl adjacent to an activating group) is 1. The van der Waals surface area contributed by atoms with Gasteiger partial charge in [-0.1, -0.05) is 329 Å². The Morgan fingerprint density at radius 2 is 0.714 bits per heavy atom. The van der Waals surface area contributed by atoms with Gasteiger partial charge in [-0.2, -0.15) is 0 Å². The summed E-state index contributed by atoms with van der Waals surface area (Å²) in [5.74, 6) is -0.146. The number of nitrogens with zero attached hydrogens (tertiary/aromatic N) is 1. The third-order valence-electron chi connectivity index (χ3n) is 15.5. The molecular formula is C75H136N2O6P+. The lowest BCUT2D eigenvalue weighted by molar-refractivity contribution is -0.870. The maximum atomic E-state index is 13.1. The molecule has 3 unspecified atom stereocenters. The fourth-order valence-electron chi connectivity index (χ4n) is 10.1. The molecule has 0 aromatic heterocycles. The van der Waals surface area contributed by atoms with E-state index in [4.69, 9.17) is 9.05 Å². The number of rotatable bonds is 64. The standard InChI is InChI=1S/C75H135N2O6P/c1-6-8-10-12-14-16-18-20-22-24-26-28-29-30-31-32-33-34-35-36-37-38-39-40-41-42-43-44-45-46-47-49-51-53-55-57-59-61-63-65-67-69-75(79)76-73(72-83-84(80,81)82-71-70-77(3,4)5)74(78)68-66-64-62-60-58-56-54-52-50-48-27-25-23-21-19-17-15-13-11-9-7-2/h8,10,14,16,20,22,26,28,30-31,33-34,36-37,39-40,42-43,73-74,78H,6-7,9,11-13,15,17-19,21,23-25,27,29,32,35,38,41,44-72H2,1-5H3,(H-,76,79,80,81)/p+1/b10-8-,16-14-,22-20-,28-26-,31-30-,34-33-,37-36-,40-39-,43-42-. The zero-order valence-electron chi connectivity index (χ0n) is 55.6. The van der Waals surface area contributed by atoms with E-state index < -0.39 is 20.0 Å². The van der Waals surface area contributed by atoms with E-state index in [9.17, 15) is 19.4 Å². The van der Waals surface area contributed by atoms with Gasteiger partial charge in [-0.05, 0) is 83.5 Å². The van der Waals surface area contributed by atoms with Gasteiger partial charge in [-0.15, -0.1) is 0 Å². The van der Waals surface area contributed by atoms with Crippen molar-refractivity contribution >= 4 is 13.7 Å². The van der Waals surface area contributed by atoms with Crippen molar-refractivity contribution in [3.05, 3.63) is 109 Å². The van der Waals surface area contributed by atoms with Gasteiger partial charge in [-0.25, -0.2) is 4.57 Å². The number of quaternary nitrogens is 1. The monoisotopic (exact) mass is 1190 g/mol. The van der Waals surface area contributed by atoms with E-state index in [1.54, 1.807) is 0 Å². The minimum atomic E-state index is -4.33. The van der Waals surface area contributed by atoms with Crippen LogP contribution in [0.25, 0.3) is 0 Å². The normalized spacial score (nSPS) is 14.3. The maximum Gasteiger partial charge on any atom is 0.472 e. The molecule has 0 aliphatic carbocycles. The second kappa shape index (κ2) is 64.6. The molecule has 0 spiro atoms. The van der Waals surface area contributed by atoms with E-state index in [1.165, 1.54) is 186 Å². The Morgan fingerprint density at radius 1 is 0.417 bits per heavy atom. The van der Waals surface area contributed by atoms with Crippen LogP contribution in [-0.2, 0) is 18.4 Å². The highest BCUT2D eigenvalue weighted by Gasteiger charge is 2.28. The van der Waals surface area contributed by atoms with Crippen LogP contribution in [0.3, 0.4) is 0 Å². The van der Waals surface area contributed by atoms with Gasteiger partial charge in [0.2, 0.25) is 5.91 Å². The molecule has 0 bridgehead atoms. The summed E-state index contributed by atoms with van der Waals surface area (Å²) >= 11 is 0. The molecule has 1 amide bonds. The Labute approximate surface area is 521 Å². The van der Waals surface area contributed by atoms with Gasteiger partial charge in [0.05, 0.1) is 39.9 Å². The van der Waals surface area contributed by atoms with Gasteiger partial charge in [0, 0.05) is 6.42 Å². The Morgan fingerprint density at radius 3 is 1.05 bits per heavy atom. The molecule has 0 aliphatic rings. The highest BCUT2D eigenvalue weighted by atomic mass is 31.2. The quantitative estimate of drug-likeness (QED) is 0.0243. The van der Waals surface area contributed by atoms with Crippen molar-refractivity contribution in [2.75, 3.05) is 40.9 Å². The molecular weight excluding hydrogens is 1060 g/mol. The summed E-state index contributed by atoms with van der Waals surface area (Å²) < 4.78 is 23.9. The van der Waals surface area contributed by atoms with Crippen LogP contribution < -0.4 is 5.32 Å². The molecule has 0 radical (unpaired) electrons. The van der Waals surface area contributed by atoms with E-state index in [0.717, 1.165) is 96.3 Å². The smallest absolute Gasteiger partial charge is 0.391 e. The first-order chi connectivity index (χ1) is 41.0. The first-order valence-electron chi connectivity index (χ1n) is 35.3. The Bertz CT molecular complexity index is 1740. The Hall–Kier alpha value is -2.84. The van der Waals surface area contributed by atoms with E-state index in [-0.39, 0.29) is 19.1 Å². The molecule has 486 valence electrons. The Kier molecular flexibility index (Phi) is 62.4. The van der Waals surface area contributed by atoms with Crippen LogP contribution in [0, 0.1) is 0 Å². The molecule has 3 N–H and O–H groups in total. The van der Waals surface area contributed by atoms with Gasteiger partial charge in [0.15, 0.2) is 0 Å². The van der Waals surface area contributed by atoms with Crippen molar-refractivity contribution in [2.45, 2.75) is 321 Å². The summed E-state index contributed by atoms with van der Waals surface area (Å²) in [5, 5.41) is 14.1. The second-order valence-corrected chi connectivity index (χ2v) is 26.3. The number of allylic oxidation sites excluding steroid dienone is 18. The molecule has 9 heteroatoms. The third-order valence-corrected chi connectivity index (χ3v) is 16.5. The average Bonchev–Trinajstić information content (AvgIpc) is 3.56. The summed E-state index contributed by atoms with van der Waals surface area (Å²) in [6.45, 7) is 4.80. The molecule has 0 aliphatic heterocycles. The topological polar surface area (TPSA) is 105 Å². The van der Waals surface area contributed by atoms with Gasteiger partial charge in [0.1, 0.15) is 13.2 Å². The maximum absolute atomic E-state index is 13.1. The number of aliphatic hydroxyl groups is 1. The van der Waals surface area contributed by atoms with Crippen LogP contribution in [0.15, 0.2) is 109 Å². The van der Waals surface area contributed by atoms with Crippen LogP contribution in [0.5, 0.6) is 0 Å². The van der Waals surface area contributed by atoms with Gasteiger partial charge < -0.3 is 19.8 Å². The van der Waals surface area contributed by atoms with E-state index in [1.807, 2.05) is 21.1 Å². The minimum absolute atomic E-state index is 0.0717. The molecule has 0 saturated carbocycles. The van der Waals surface area contributed by atoms with Crippen LogP contribution in [0.2, 0.25) is 0 Å². The van der Waals surface area contributed by atoms with Gasteiger partial charge in [0.25, 0.3) is 0 Å². The number of amides is 1. The van der Waals surface area contributed by atoms with E-state index in [2.05, 4.69) is 129 Å². The molecule has 0 rings (SSSR count). The van der Waals surface area contributed by atoms with Crippen LogP contribution in [0.1, 0.15) is 309 Å². The van der Waals surface area contributed by atoms with Crippen molar-refractivity contribution in [3.8, 4) is 0 Å². The fraction of sp³-hybridized carbons (Fsp3) is 0.747. The van der Waals surface area contributed by atoms with Crippen molar-refractivity contribution in [1.82, 2.24) is 5.32 Å². The molecule has 0 aromatic rings. The third kappa shape index (κ3) is 66.7. The number of aliphatic hydroxyl groups excluding tert-OH is 1. The van der Waals surface area contributed by atoms with Gasteiger partial charge >= 0.3 is 7.82 Å². The van der Waals surface area contributed by atoms with Crippen molar-refractivity contribution in [3.63, 3.8) is 0 Å². The molecule has 0 heterocycles. The number of hydrogen-bond acceptors (Lipinski definition) is 5. The first-order valence-corrected chi connectivity index (χ1v) is 36.7. The summed E-state index contributed by atoms with van der Waals surface area (Å²) in [6, 6.07) is -0.768. The van der Waals surface area contributed by atoms with Crippen LogP contribution in [-0.4, -0.2) is 73.4 Å². The molecule has 0 saturated heterocycles. The summed E-state index contributed by atoms with van der Waals surface area (Å²) in [4.78, 5) is 23.5. The molecule has 84 heavy (non-hydrogen) atoms. The lowest BCUT2D eigenvalue weighted by atomic mass is 10.0. The molecule has 8 nitrogen and oxygen atoms in total. The molecule has 3 atom stereocenters. The SMILES string of the molecule is CC/C=C\C/C=C\C/C=C\C/C=C\C/C=C\C/C=C\C/C=C\C/C=C\C/C=C\CCCCCCCCCCCCCCCC(=O)NC(COP(=O)(O)OCC[N+](C)(C)C)C(O)CCCCCCCCCCCCCCCCCCCCCCC. The lowest BCUT2D eigenvalue weighted by Crippen LogP contribution is -2.46. The van der Waals surface area contributed by atoms with Crippen molar-refractivity contribution in [2.24, 2.45) is 0 Å². The number of phosphoric ester groups is 1. The highest BCUT2D eigenvalue weighted by Crippen LogP contribution is 2.43. The van der Waals surface area contributed by atoms with Crippen molar-refractivity contribution < 1.29 is 32.9 Å². The average molecular weight is 1190 g/mol. The number of hydrogen-bond donors (Lipinski definition) is 3. The summed E-state index contributed by atoms with van der Waals surface area (Å²) in [7, 11) is 1.62. The second-order valence-electron chi connectivity index (χ2n) is 24.9. The summed E-state index contributed by atoms with van der Waals surface area (Å²) in [6.07, 6.45) is 94.7. The predicted molar refractivity (Wildman–Crippen MR) is 369 cm³/mol. The number of phosphoric acid groups is 1. The highest BCUT2D eigenvalue weighted by molar-refractivity contribution is 7.47. The Balaban J connectivity index is 4.03. The van der Waals surface area contributed by atoms with Crippen molar-refractivity contribution in [1.29, 1.82) is 0 Å². The predicted octanol–water partition coefficient (Wildman–Crippen LogP) is 22.7. The minimum Gasteiger partial charge on any atom is -0.391 e. The molecule has 0 aromatic carbocycles. The van der Waals surface area contributed by atoms with Gasteiger partial charge in [-0.3, -0.25) is 13.8 Å². The fourth-order valence-corrected chi connectivity index (χ4v) is 10.8. The summed E-state index contributed by atoms with van der Waals surface area (Å²) in [5.41, 5.74) is 0. The lowest BCUT2D eigenvalue weighted by Gasteiger charge is -2.26. The number of carbonyl (C=O) groups excluding carboxylic acids is 1. The van der Waals surface area contributed by atoms with E-state index in [0.29, 0.717) is 23.9 Å². The zero-order chi connectivity index (χ0) is 61.2. The molecule has 0 fully saturated rings. The van der Waals surface area contributed by atoms with Crippen LogP contribution in [0.4, 0.5) is 0 Å². The van der Waals surface area contributed by atoms with E-state index >= 15 is 0 Å².